The normalized spacial score (nSPS) is 9.90. The molecule has 2 nitrogen and oxygen atoms in total. The van der Waals surface area contributed by atoms with Crippen LogP contribution in [0.3, 0.4) is 0 Å². The summed E-state index contributed by atoms with van der Waals surface area (Å²) in [5.74, 6) is 0. The van der Waals surface area contributed by atoms with Crippen molar-refractivity contribution in [3.63, 3.8) is 0 Å². The first-order valence-corrected chi connectivity index (χ1v) is 3.93. The van der Waals surface area contributed by atoms with Gasteiger partial charge in [0, 0.05) is 6.20 Å². The van der Waals surface area contributed by atoms with Gasteiger partial charge in [0.1, 0.15) is 0 Å². The fraction of sp³-hybridized carbons (Fsp3) is 0. The quantitative estimate of drug-likeness (QED) is 0.710. The lowest BCUT2D eigenvalue weighted by Gasteiger charge is -1.99. The number of rotatable bonds is 0. The van der Waals surface area contributed by atoms with E-state index in [1.165, 1.54) is 6.20 Å². The molecule has 1 aromatic rings. The average molecular weight is 242 g/mol. The zero-order valence-electron chi connectivity index (χ0n) is 4.74. The minimum atomic E-state index is 0.230. The van der Waals surface area contributed by atoms with E-state index in [1.54, 1.807) is 0 Å². The largest absolute Gasteiger partial charge is 0.395 e. The predicted molar refractivity (Wildman–Crippen MR) is 46.4 cm³/mol. The monoisotopic (exact) mass is 240 g/mol. The van der Waals surface area contributed by atoms with Crippen LogP contribution in [0.2, 0.25) is 10.2 Å². The first-order valence-electron chi connectivity index (χ1n) is 2.38. The second-order valence-electron chi connectivity index (χ2n) is 1.62. The minimum absolute atomic E-state index is 0.230. The molecule has 2 N–H and O–H groups in total. The van der Waals surface area contributed by atoms with Crippen molar-refractivity contribution < 1.29 is 0 Å². The molecule has 0 atom stereocenters. The van der Waals surface area contributed by atoms with Gasteiger partial charge < -0.3 is 5.73 Å². The molecule has 1 aromatic heterocycles. The Kier molecular flexibility index (Phi) is 2.39. The van der Waals surface area contributed by atoms with Crippen LogP contribution in [-0.4, -0.2) is 4.98 Å². The van der Waals surface area contributed by atoms with Crippen LogP contribution in [0.25, 0.3) is 0 Å². The summed E-state index contributed by atoms with van der Waals surface area (Å²) in [6.45, 7) is 0. The summed E-state index contributed by atoms with van der Waals surface area (Å²) < 4.78 is 0.649. The van der Waals surface area contributed by atoms with Gasteiger partial charge in [-0.3, -0.25) is 0 Å². The van der Waals surface area contributed by atoms with Crippen LogP contribution in [0.1, 0.15) is 0 Å². The zero-order valence-corrected chi connectivity index (χ0v) is 7.83. The van der Waals surface area contributed by atoms with Crippen molar-refractivity contribution in [2.75, 3.05) is 5.73 Å². The van der Waals surface area contributed by atoms with E-state index >= 15 is 0 Å². The van der Waals surface area contributed by atoms with Crippen LogP contribution in [0.5, 0.6) is 0 Å². The topological polar surface area (TPSA) is 38.9 Å². The Morgan fingerprint density at radius 3 is 2.60 bits per heavy atom. The lowest BCUT2D eigenvalue weighted by molar-refractivity contribution is 1.31. The molecule has 0 aliphatic carbocycles. The third-order valence-corrected chi connectivity index (χ3v) is 2.50. The fourth-order valence-corrected chi connectivity index (χ4v) is 1.10. The number of nitrogens with zero attached hydrogens (tertiary/aromatic N) is 1. The molecule has 1 rings (SSSR count). The molecule has 5 heteroatoms. The molecule has 0 saturated heterocycles. The Labute approximate surface area is 76.5 Å². The van der Waals surface area contributed by atoms with Crippen molar-refractivity contribution in [2.24, 2.45) is 0 Å². The predicted octanol–water partition coefficient (Wildman–Crippen LogP) is 2.73. The van der Waals surface area contributed by atoms with Crippen LogP contribution in [-0.2, 0) is 0 Å². The zero-order chi connectivity index (χ0) is 7.72. The van der Waals surface area contributed by atoms with Crippen LogP contribution >= 0.6 is 39.1 Å². The van der Waals surface area contributed by atoms with Crippen molar-refractivity contribution in [1.29, 1.82) is 0 Å². The van der Waals surface area contributed by atoms with Gasteiger partial charge >= 0.3 is 0 Å². The first-order chi connectivity index (χ1) is 4.63. The maximum Gasteiger partial charge on any atom is 0.153 e. The molecule has 0 bridgehead atoms. The highest BCUT2D eigenvalue weighted by Crippen LogP contribution is 2.31. The van der Waals surface area contributed by atoms with Crippen LogP contribution < -0.4 is 5.73 Å². The van der Waals surface area contributed by atoms with Gasteiger partial charge in [0.05, 0.1) is 15.2 Å². The highest BCUT2D eigenvalue weighted by atomic mass is 79.9. The lowest BCUT2D eigenvalue weighted by Crippen LogP contribution is -1.90. The van der Waals surface area contributed by atoms with Gasteiger partial charge in [-0.25, -0.2) is 4.98 Å². The molecular formula is C5H3BrCl2N2. The summed E-state index contributed by atoms with van der Waals surface area (Å²) in [6.07, 6.45) is 1.50. The summed E-state index contributed by atoms with van der Waals surface area (Å²) in [7, 11) is 0. The highest BCUT2D eigenvalue weighted by Gasteiger charge is 2.05. The van der Waals surface area contributed by atoms with Crippen LogP contribution in [0, 0.1) is 0 Å². The molecule has 0 amide bonds. The molecule has 1 heterocycles. The average Bonchev–Trinajstić information content (AvgIpc) is 1.93. The number of aromatic nitrogens is 1. The Morgan fingerprint density at radius 1 is 1.50 bits per heavy atom. The van der Waals surface area contributed by atoms with Gasteiger partial charge in [-0.2, -0.15) is 0 Å². The van der Waals surface area contributed by atoms with E-state index in [1.807, 2.05) is 0 Å². The van der Waals surface area contributed by atoms with Crippen molar-refractivity contribution in [3.05, 3.63) is 20.8 Å². The van der Waals surface area contributed by atoms with E-state index < -0.39 is 0 Å². The standard InChI is InChI=1S/C5H3BrCl2N2/c6-2-1-10-5(8)4(9)3(2)7/h1H,9H2. The van der Waals surface area contributed by atoms with E-state index in [4.69, 9.17) is 28.9 Å². The summed E-state index contributed by atoms with van der Waals surface area (Å²) in [4.78, 5) is 3.75. The molecule has 0 unspecified atom stereocenters. The molecule has 0 fully saturated rings. The van der Waals surface area contributed by atoms with Crippen molar-refractivity contribution in [3.8, 4) is 0 Å². The molecule has 10 heavy (non-hydrogen) atoms. The summed E-state index contributed by atoms with van der Waals surface area (Å²) >= 11 is 14.4. The molecule has 54 valence electrons. The Balaban J connectivity index is 3.34. The molecular weight excluding hydrogens is 239 g/mol. The number of pyridine rings is 1. The molecule has 0 aliphatic rings. The SMILES string of the molecule is Nc1c(Cl)ncc(Br)c1Cl. The van der Waals surface area contributed by atoms with Gasteiger partial charge in [-0.1, -0.05) is 23.2 Å². The van der Waals surface area contributed by atoms with E-state index in [0.29, 0.717) is 15.2 Å². The molecule has 0 aliphatic heterocycles. The Bertz CT molecular complexity index is 237. The van der Waals surface area contributed by atoms with Crippen LogP contribution in [0.4, 0.5) is 5.69 Å². The van der Waals surface area contributed by atoms with Crippen molar-refractivity contribution in [2.45, 2.75) is 0 Å². The smallest absolute Gasteiger partial charge is 0.153 e. The van der Waals surface area contributed by atoms with Gasteiger partial charge in [-0.15, -0.1) is 0 Å². The lowest BCUT2D eigenvalue weighted by atomic mass is 10.4. The Morgan fingerprint density at radius 2 is 2.10 bits per heavy atom. The third-order valence-electron chi connectivity index (χ3n) is 0.960. The summed E-state index contributed by atoms with van der Waals surface area (Å²) in [5.41, 5.74) is 5.73. The maximum absolute atomic E-state index is 5.69. The van der Waals surface area contributed by atoms with Crippen LogP contribution in [0.15, 0.2) is 10.7 Å². The van der Waals surface area contributed by atoms with Crippen molar-refractivity contribution >= 4 is 44.8 Å². The summed E-state index contributed by atoms with van der Waals surface area (Å²) in [5, 5.41) is 0.633. The number of nitrogen functional groups attached to an aromatic ring is 1. The molecule has 0 aromatic carbocycles. The van der Waals surface area contributed by atoms with E-state index in [0.717, 1.165) is 0 Å². The third kappa shape index (κ3) is 1.36. The first kappa shape index (κ1) is 8.11. The number of hydrogen-bond acceptors (Lipinski definition) is 2. The number of nitrogens with two attached hydrogens (primary N) is 1. The molecule has 0 spiro atoms. The maximum atomic E-state index is 5.69. The van der Waals surface area contributed by atoms with E-state index in [-0.39, 0.29) is 5.15 Å². The minimum Gasteiger partial charge on any atom is -0.395 e. The van der Waals surface area contributed by atoms with Crippen molar-refractivity contribution in [1.82, 2.24) is 4.98 Å². The number of halogens is 3. The highest BCUT2D eigenvalue weighted by molar-refractivity contribution is 9.10. The van der Waals surface area contributed by atoms with Gasteiger partial charge in [0.15, 0.2) is 5.15 Å². The van der Waals surface area contributed by atoms with Gasteiger partial charge in [0.2, 0.25) is 0 Å². The number of anilines is 1. The van der Waals surface area contributed by atoms with E-state index in [9.17, 15) is 0 Å². The van der Waals surface area contributed by atoms with Gasteiger partial charge in [0.25, 0.3) is 0 Å². The number of hydrogen-bond donors (Lipinski definition) is 1. The summed E-state index contributed by atoms with van der Waals surface area (Å²) in [6, 6.07) is 0. The Hall–Kier alpha value is 0.01000. The second kappa shape index (κ2) is 2.95. The molecule has 0 saturated carbocycles. The second-order valence-corrected chi connectivity index (χ2v) is 3.21. The fourth-order valence-electron chi connectivity index (χ4n) is 0.459. The molecule has 0 radical (unpaired) electrons. The van der Waals surface area contributed by atoms with Gasteiger partial charge in [-0.05, 0) is 15.9 Å². The van der Waals surface area contributed by atoms with E-state index in [2.05, 4.69) is 20.9 Å².